The summed E-state index contributed by atoms with van der Waals surface area (Å²) < 4.78 is 30.3. The van der Waals surface area contributed by atoms with Crippen molar-refractivity contribution in [2.24, 2.45) is 5.73 Å². The van der Waals surface area contributed by atoms with Crippen molar-refractivity contribution in [2.45, 2.75) is 0 Å². The zero-order valence-corrected chi connectivity index (χ0v) is 25.5. The van der Waals surface area contributed by atoms with Crippen molar-refractivity contribution in [3.8, 4) is 22.7 Å². The van der Waals surface area contributed by atoms with Gasteiger partial charge in [0.1, 0.15) is 18.1 Å². The number of anilines is 1. The van der Waals surface area contributed by atoms with Gasteiger partial charge in [-0.2, -0.15) is 5.10 Å². The standard InChI is InChI=1S/C32H37BrN4O6/c33-26-12-10-25(11-13-26)31-28(24-37(36-31)27-6-2-1-3-7-27)32(38)35-29-8-4-5-9-30(29)43-23-22-42-21-20-41-19-18-40-17-16-39-15-14-34/h1-13,24H,14-23,34H2,(H,35,38). The molecule has 4 rings (SSSR count). The lowest BCUT2D eigenvalue weighted by molar-refractivity contribution is -0.00384. The van der Waals surface area contributed by atoms with Gasteiger partial charge in [-0.05, 0) is 36.4 Å². The van der Waals surface area contributed by atoms with Crippen LogP contribution in [0.3, 0.4) is 0 Å². The number of carbonyl (C=O) groups is 1. The number of aromatic nitrogens is 2. The maximum Gasteiger partial charge on any atom is 0.259 e. The van der Waals surface area contributed by atoms with Crippen LogP contribution in [0, 0.1) is 0 Å². The maximum absolute atomic E-state index is 13.6. The summed E-state index contributed by atoms with van der Waals surface area (Å²) >= 11 is 3.47. The molecule has 0 aliphatic carbocycles. The van der Waals surface area contributed by atoms with E-state index in [-0.39, 0.29) is 5.91 Å². The molecule has 4 aromatic rings. The summed E-state index contributed by atoms with van der Waals surface area (Å²) in [5.41, 5.74) is 8.61. The van der Waals surface area contributed by atoms with E-state index in [1.54, 1.807) is 16.9 Å². The van der Waals surface area contributed by atoms with Gasteiger partial charge >= 0.3 is 0 Å². The lowest BCUT2D eigenvalue weighted by Gasteiger charge is -2.13. The van der Waals surface area contributed by atoms with Gasteiger partial charge < -0.3 is 34.7 Å². The van der Waals surface area contributed by atoms with Crippen LogP contribution in [0.5, 0.6) is 5.75 Å². The second kappa shape index (κ2) is 18.2. The first-order valence-corrected chi connectivity index (χ1v) is 14.9. The lowest BCUT2D eigenvalue weighted by atomic mass is 10.1. The third-order valence-electron chi connectivity index (χ3n) is 6.10. The summed E-state index contributed by atoms with van der Waals surface area (Å²) in [7, 11) is 0. The number of halogens is 1. The van der Waals surface area contributed by atoms with Crippen LogP contribution in [0.4, 0.5) is 5.69 Å². The molecule has 1 heterocycles. The molecule has 1 amide bonds. The number of hydrogen-bond donors (Lipinski definition) is 2. The molecular formula is C32H37BrN4O6. The Morgan fingerprint density at radius 2 is 1.33 bits per heavy atom. The number of nitrogens with zero attached hydrogens (tertiary/aromatic N) is 2. The largest absolute Gasteiger partial charge is 0.489 e. The molecule has 0 unspecified atom stereocenters. The Labute approximate surface area is 260 Å². The Bertz CT molecular complexity index is 1380. The first kappa shape index (κ1) is 32.3. The quantitative estimate of drug-likeness (QED) is 0.137. The van der Waals surface area contributed by atoms with Crippen molar-refractivity contribution in [1.29, 1.82) is 0 Å². The number of carbonyl (C=O) groups excluding carboxylic acids is 1. The highest BCUT2D eigenvalue weighted by Crippen LogP contribution is 2.28. The van der Waals surface area contributed by atoms with Crippen molar-refractivity contribution < 1.29 is 28.5 Å². The SMILES string of the molecule is NCCOCCOCCOCCOCCOc1ccccc1NC(=O)c1cn(-c2ccccc2)nc1-c1ccc(Br)cc1. The third kappa shape index (κ3) is 10.6. The lowest BCUT2D eigenvalue weighted by Crippen LogP contribution is -2.16. The maximum atomic E-state index is 13.6. The van der Waals surface area contributed by atoms with Crippen LogP contribution in [0.1, 0.15) is 10.4 Å². The van der Waals surface area contributed by atoms with Gasteiger partial charge in [-0.25, -0.2) is 4.68 Å². The predicted molar refractivity (Wildman–Crippen MR) is 169 cm³/mol. The van der Waals surface area contributed by atoms with Gasteiger partial charge in [-0.1, -0.05) is 58.4 Å². The highest BCUT2D eigenvalue weighted by Gasteiger charge is 2.20. The minimum Gasteiger partial charge on any atom is -0.489 e. The fourth-order valence-corrected chi connectivity index (χ4v) is 4.28. The highest BCUT2D eigenvalue weighted by molar-refractivity contribution is 9.10. The number of nitrogens with one attached hydrogen (secondary N) is 1. The molecule has 228 valence electrons. The van der Waals surface area contributed by atoms with E-state index in [0.717, 1.165) is 15.7 Å². The van der Waals surface area contributed by atoms with Crippen molar-refractivity contribution >= 4 is 27.5 Å². The van der Waals surface area contributed by atoms with E-state index in [0.29, 0.717) is 88.7 Å². The topological polar surface area (TPSA) is 119 Å². The normalized spacial score (nSPS) is 11.0. The van der Waals surface area contributed by atoms with Crippen LogP contribution < -0.4 is 15.8 Å². The van der Waals surface area contributed by atoms with Gasteiger partial charge in [0.15, 0.2) is 0 Å². The number of nitrogens with two attached hydrogens (primary N) is 1. The molecule has 0 spiro atoms. The molecule has 43 heavy (non-hydrogen) atoms. The highest BCUT2D eigenvalue weighted by atomic mass is 79.9. The summed E-state index contributed by atoms with van der Waals surface area (Å²) in [5, 5.41) is 7.75. The summed E-state index contributed by atoms with van der Waals surface area (Å²) in [4.78, 5) is 13.6. The van der Waals surface area contributed by atoms with E-state index < -0.39 is 0 Å². The van der Waals surface area contributed by atoms with Gasteiger partial charge in [0, 0.05) is 22.8 Å². The number of benzene rings is 3. The van der Waals surface area contributed by atoms with E-state index in [9.17, 15) is 4.79 Å². The minimum absolute atomic E-state index is 0.295. The second-order valence-electron chi connectivity index (χ2n) is 9.22. The number of para-hydroxylation sites is 3. The summed E-state index contributed by atoms with van der Waals surface area (Å²) in [6.07, 6.45) is 1.74. The molecule has 0 radical (unpaired) electrons. The Hall–Kier alpha value is -3.58. The third-order valence-corrected chi connectivity index (χ3v) is 6.62. The van der Waals surface area contributed by atoms with Crippen LogP contribution in [0.15, 0.2) is 89.5 Å². The molecule has 0 aliphatic rings. The van der Waals surface area contributed by atoms with Crippen molar-refractivity contribution in [3.63, 3.8) is 0 Å². The molecule has 0 aliphatic heterocycles. The number of rotatable bonds is 19. The Kier molecular flexibility index (Phi) is 13.7. The van der Waals surface area contributed by atoms with Crippen molar-refractivity contribution in [1.82, 2.24) is 9.78 Å². The molecular weight excluding hydrogens is 616 g/mol. The smallest absolute Gasteiger partial charge is 0.259 e. The first-order chi connectivity index (χ1) is 21.2. The molecule has 3 N–H and O–H groups in total. The van der Waals surface area contributed by atoms with E-state index in [1.807, 2.05) is 72.8 Å². The molecule has 0 fully saturated rings. The summed E-state index contributed by atoms with van der Waals surface area (Å²) in [6.45, 7) is 4.65. The second-order valence-corrected chi connectivity index (χ2v) is 10.1. The summed E-state index contributed by atoms with van der Waals surface area (Å²) in [6, 6.07) is 24.7. The molecule has 3 aromatic carbocycles. The van der Waals surface area contributed by atoms with Crippen molar-refractivity contribution in [3.05, 3.63) is 95.1 Å². The van der Waals surface area contributed by atoms with Crippen molar-refractivity contribution in [2.75, 3.05) is 71.3 Å². The fraction of sp³-hybridized carbons (Fsp3) is 0.312. The predicted octanol–water partition coefficient (Wildman–Crippen LogP) is 4.96. The van der Waals surface area contributed by atoms with Crippen LogP contribution in [0.25, 0.3) is 16.9 Å². The zero-order chi connectivity index (χ0) is 30.1. The van der Waals surface area contributed by atoms with Crippen LogP contribution in [-0.2, 0) is 18.9 Å². The van der Waals surface area contributed by atoms with E-state index >= 15 is 0 Å². The molecule has 0 atom stereocenters. The summed E-state index contributed by atoms with van der Waals surface area (Å²) in [5.74, 6) is 0.251. The van der Waals surface area contributed by atoms with Gasteiger partial charge in [0.25, 0.3) is 5.91 Å². The monoisotopic (exact) mass is 652 g/mol. The van der Waals surface area contributed by atoms with Gasteiger partial charge in [-0.15, -0.1) is 0 Å². The molecule has 11 heteroatoms. The zero-order valence-electron chi connectivity index (χ0n) is 24.0. The fourth-order valence-electron chi connectivity index (χ4n) is 4.02. The number of ether oxygens (including phenoxy) is 5. The van der Waals surface area contributed by atoms with Gasteiger partial charge in [0.2, 0.25) is 0 Å². The Morgan fingerprint density at radius 3 is 1.98 bits per heavy atom. The van der Waals surface area contributed by atoms with Gasteiger partial charge in [0.05, 0.1) is 69.8 Å². The van der Waals surface area contributed by atoms with E-state index in [1.165, 1.54) is 0 Å². The van der Waals surface area contributed by atoms with Gasteiger partial charge in [-0.3, -0.25) is 4.79 Å². The average molecular weight is 654 g/mol. The van der Waals surface area contributed by atoms with Crippen LogP contribution >= 0.6 is 15.9 Å². The Morgan fingerprint density at radius 1 is 0.744 bits per heavy atom. The molecule has 0 saturated heterocycles. The first-order valence-electron chi connectivity index (χ1n) is 14.1. The minimum atomic E-state index is -0.295. The van der Waals surface area contributed by atoms with E-state index in [2.05, 4.69) is 21.2 Å². The van der Waals surface area contributed by atoms with E-state index in [4.69, 9.17) is 34.5 Å². The Balaban J connectivity index is 1.27. The average Bonchev–Trinajstić information content (AvgIpc) is 3.49. The number of hydrogen-bond acceptors (Lipinski definition) is 8. The number of amides is 1. The van der Waals surface area contributed by atoms with Crippen LogP contribution in [0.2, 0.25) is 0 Å². The molecule has 0 saturated carbocycles. The van der Waals surface area contributed by atoms with Crippen LogP contribution in [-0.4, -0.2) is 81.7 Å². The molecule has 0 bridgehead atoms. The molecule has 1 aromatic heterocycles. The molecule has 10 nitrogen and oxygen atoms in total.